The van der Waals surface area contributed by atoms with Gasteiger partial charge in [-0.25, -0.2) is 9.97 Å². The molecule has 1 aromatic carbocycles. The monoisotopic (exact) mass is 271 g/mol. The fraction of sp³-hybridized carbons (Fsp3) is 0.375. The van der Waals surface area contributed by atoms with E-state index in [9.17, 15) is 0 Å². The van der Waals surface area contributed by atoms with Crippen LogP contribution >= 0.6 is 0 Å². The zero-order valence-electron chi connectivity index (χ0n) is 12.5. The van der Waals surface area contributed by atoms with Crippen LogP contribution in [-0.2, 0) is 6.42 Å². The third kappa shape index (κ3) is 3.26. The maximum absolute atomic E-state index is 5.40. The molecule has 0 N–H and O–H groups in total. The van der Waals surface area contributed by atoms with Crippen molar-refractivity contribution in [2.24, 2.45) is 0 Å². The van der Waals surface area contributed by atoms with Crippen molar-refractivity contribution in [3.63, 3.8) is 0 Å². The minimum absolute atomic E-state index is 0.286. The molecule has 2 aromatic rings. The first-order valence-electron chi connectivity index (χ1n) is 6.75. The largest absolute Gasteiger partial charge is 0.496 e. The topological polar surface area (TPSA) is 38.2 Å². The Morgan fingerprint density at radius 1 is 1.20 bits per heavy atom. The minimum atomic E-state index is 0.286. The van der Waals surface area contributed by atoms with E-state index in [4.69, 9.17) is 4.74 Å². The molecule has 0 aliphatic rings. The zero-order valence-corrected chi connectivity index (χ0v) is 12.5. The molecular weight excluding hydrogens is 250 g/mol. The van der Waals surface area contributed by atoms with Gasteiger partial charge in [-0.1, -0.05) is 18.2 Å². The molecule has 1 atom stereocenters. The first kappa shape index (κ1) is 14.3. The summed E-state index contributed by atoms with van der Waals surface area (Å²) in [6, 6.07) is 8.39. The first-order chi connectivity index (χ1) is 9.61. The third-order valence-corrected chi connectivity index (χ3v) is 3.45. The number of hydrogen-bond donors (Lipinski definition) is 0. The van der Waals surface area contributed by atoms with Crippen LogP contribution in [-0.4, -0.2) is 30.2 Å². The smallest absolute Gasteiger partial charge is 0.225 e. The molecule has 1 heterocycles. The van der Waals surface area contributed by atoms with E-state index < -0.39 is 0 Å². The van der Waals surface area contributed by atoms with Gasteiger partial charge in [0.25, 0.3) is 0 Å². The maximum Gasteiger partial charge on any atom is 0.225 e. The molecule has 1 aromatic heterocycles. The third-order valence-electron chi connectivity index (χ3n) is 3.45. The fourth-order valence-electron chi connectivity index (χ4n) is 2.09. The van der Waals surface area contributed by atoms with Gasteiger partial charge in [-0.05, 0) is 37.5 Å². The predicted octanol–water partition coefficient (Wildman–Crippen LogP) is 2.86. The van der Waals surface area contributed by atoms with Crippen LogP contribution in [0.3, 0.4) is 0 Å². The van der Waals surface area contributed by atoms with Crippen LogP contribution in [0.4, 0.5) is 5.95 Å². The highest BCUT2D eigenvalue weighted by atomic mass is 16.5. The van der Waals surface area contributed by atoms with Gasteiger partial charge in [-0.15, -0.1) is 0 Å². The van der Waals surface area contributed by atoms with Gasteiger partial charge in [-0.2, -0.15) is 0 Å². The molecule has 4 nitrogen and oxygen atoms in total. The van der Waals surface area contributed by atoms with E-state index in [0.717, 1.165) is 23.7 Å². The number of para-hydroxylation sites is 1. The van der Waals surface area contributed by atoms with Crippen molar-refractivity contribution < 1.29 is 4.74 Å². The molecular formula is C16H21N3O. The van der Waals surface area contributed by atoms with Gasteiger partial charge < -0.3 is 9.64 Å². The summed E-state index contributed by atoms with van der Waals surface area (Å²) < 4.78 is 5.40. The highest BCUT2D eigenvalue weighted by Gasteiger charge is 2.14. The van der Waals surface area contributed by atoms with Crippen molar-refractivity contribution in [1.82, 2.24) is 9.97 Å². The lowest BCUT2D eigenvalue weighted by molar-refractivity contribution is 0.408. The lowest BCUT2D eigenvalue weighted by atomic mass is 10.1. The van der Waals surface area contributed by atoms with E-state index in [0.29, 0.717) is 0 Å². The number of nitrogens with zero attached hydrogens (tertiary/aromatic N) is 3. The Bertz CT molecular complexity index is 554. The Balaban J connectivity index is 2.11. The van der Waals surface area contributed by atoms with Crippen LogP contribution in [0.2, 0.25) is 0 Å². The van der Waals surface area contributed by atoms with Gasteiger partial charge in [0, 0.05) is 25.5 Å². The molecule has 20 heavy (non-hydrogen) atoms. The summed E-state index contributed by atoms with van der Waals surface area (Å²) in [4.78, 5) is 10.8. The average molecular weight is 271 g/mol. The van der Waals surface area contributed by atoms with E-state index in [1.165, 1.54) is 5.56 Å². The highest BCUT2D eigenvalue weighted by molar-refractivity contribution is 5.36. The normalized spacial score (nSPS) is 12.0. The number of benzene rings is 1. The van der Waals surface area contributed by atoms with Crippen molar-refractivity contribution in [2.75, 3.05) is 19.1 Å². The van der Waals surface area contributed by atoms with E-state index in [1.807, 2.05) is 44.6 Å². The minimum Gasteiger partial charge on any atom is -0.496 e. The van der Waals surface area contributed by atoms with Crippen LogP contribution in [0.5, 0.6) is 5.75 Å². The van der Waals surface area contributed by atoms with E-state index in [-0.39, 0.29) is 6.04 Å². The summed E-state index contributed by atoms with van der Waals surface area (Å²) in [7, 11) is 3.72. The van der Waals surface area contributed by atoms with Gasteiger partial charge in [-0.3, -0.25) is 0 Å². The first-order valence-corrected chi connectivity index (χ1v) is 6.75. The fourth-order valence-corrected chi connectivity index (χ4v) is 2.09. The Labute approximate surface area is 120 Å². The Morgan fingerprint density at radius 2 is 1.85 bits per heavy atom. The van der Waals surface area contributed by atoms with Gasteiger partial charge in [0.05, 0.1) is 7.11 Å². The van der Waals surface area contributed by atoms with Crippen LogP contribution in [0.25, 0.3) is 0 Å². The molecule has 0 saturated heterocycles. The number of rotatable bonds is 5. The standard InChI is InChI=1S/C16H21N3O/c1-12-10-17-16(18-11-12)19(3)13(2)9-14-7-5-6-8-15(14)20-4/h5-8,10-11,13H,9H2,1-4H3. The summed E-state index contributed by atoms with van der Waals surface area (Å²) in [5.41, 5.74) is 2.26. The molecule has 0 aliphatic carbocycles. The number of aromatic nitrogens is 2. The van der Waals surface area contributed by atoms with Gasteiger partial charge in [0.2, 0.25) is 5.95 Å². The number of ether oxygens (including phenoxy) is 1. The molecule has 2 rings (SSSR count). The molecule has 0 radical (unpaired) electrons. The van der Waals surface area contributed by atoms with E-state index in [1.54, 1.807) is 7.11 Å². The number of likely N-dealkylation sites (N-methyl/N-ethyl adjacent to an activating group) is 1. The van der Waals surface area contributed by atoms with Crippen molar-refractivity contribution in [3.8, 4) is 5.75 Å². The van der Waals surface area contributed by atoms with Gasteiger partial charge in [0.15, 0.2) is 0 Å². The molecule has 0 saturated carbocycles. The highest BCUT2D eigenvalue weighted by Crippen LogP contribution is 2.21. The number of methoxy groups -OCH3 is 1. The molecule has 0 fully saturated rings. The average Bonchev–Trinajstić information content (AvgIpc) is 2.48. The second-order valence-electron chi connectivity index (χ2n) is 5.04. The Hall–Kier alpha value is -2.10. The van der Waals surface area contributed by atoms with Gasteiger partial charge in [0.1, 0.15) is 5.75 Å². The van der Waals surface area contributed by atoms with Crippen molar-refractivity contribution >= 4 is 5.95 Å². The van der Waals surface area contributed by atoms with Crippen LogP contribution < -0.4 is 9.64 Å². The molecule has 1 unspecified atom stereocenters. The molecule has 0 aliphatic heterocycles. The number of hydrogen-bond acceptors (Lipinski definition) is 4. The quantitative estimate of drug-likeness (QED) is 0.838. The maximum atomic E-state index is 5.40. The Kier molecular flexibility index (Phi) is 4.56. The Morgan fingerprint density at radius 3 is 2.50 bits per heavy atom. The van der Waals surface area contributed by atoms with Crippen LogP contribution in [0, 0.1) is 6.92 Å². The lowest BCUT2D eigenvalue weighted by Crippen LogP contribution is -2.32. The number of aryl methyl sites for hydroxylation is 1. The molecule has 4 heteroatoms. The second kappa shape index (κ2) is 6.37. The summed E-state index contributed by atoms with van der Waals surface area (Å²) in [5, 5.41) is 0. The summed E-state index contributed by atoms with van der Waals surface area (Å²) in [5.74, 6) is 1.68. The van der Waals surface area contributed by atoms with Crippen molar-refractivity contribution in [1.29, 1.82) is 0 Å². The van der Waals surface area contributed by atoms with Crippen LogP contribution in [0.1, 0.15) is 18.1 Å². The summed E-state index contributed by atoms with van der Waals surface area (Å²) >= 11 is 0. The SMILES string of the molecule is COc1ccccc1CC(C)N(C)c1ncc(C)cn1. The summed E-state index contributed by atoms with van der Waals surface area (Å²) in [6.45, 7) is 4.15. The van der Waals surface area contributed by atoms with E-state index in [2.05, 4.69) is 27.9 Å². The lowest BCUT2D eigenvalue weighted by Gasteiger charge is -2.25. The number of anilines is 1. The molecule has 106 valence electrons. The molecule has 0 bridgehead atoms. The van der Waals surface area contributed by atoms with E-state index >= 15 is 0 Å². The predicted molar refractivity (Wildman–Crippen MR) is 81.3 cm³/mol. The molecule has 0 spiro atoms. The summed E-state index contributed by atoms with van der Waals surface area (Å²) in [6.07, 6.45) is 4.57. The van der Waals surface area contributed by atoms with Crippen LogP contribution in [0.15, 0.2) is 36.7 Å². The zero-order chi connectivity index (χ0) is 14.5. The second-order valence-corrected chi connectivity index (χ2v) is 5.04. The van der Waals surface area contributed by atoms with Gasteiger partial charge >= 0.3 is 0 Å². The van der Waals surface area contributed by atoms with Crippen molar-refractivity contribution in [2.45, 2.75) is 26.3 Å². The molecule has 0 amide bonds. The van der Waals surface area contributed by atoms with Crippen molar-refractivity contribution in [3.05, 3.63) is 47.8 Å².